The zero-order chi connectivity index (χ0) is 13.0. The lowest BCUT2D eigenvalue weighted by molar-refractivity contribution is -0.131. The third kappa shape index (κ3) is 1.93. The number of hydrogen-bond acceptors (Lipinski definition) is 3. The number of thiophene rings is 1. The van der Waals surface area contributed by atoms with Crippen LogP contribution in [0.3, 0.4) is 0 Å². The van der Waals surface area contributed by atoms with Crippen molar-refractivity contribution in [1.29, 1.82) is 0 Å². The number of rotatable bonds is 4. The quantitative estimate of drug-likeness (QED) is 0.917. The summed E-state index contributed by atoms with van der Waals surface area (Å²) in [6.45, 7) is 3.22. The molecule has 0 aromatic carbocycles. The first kappa shape index (κ1) is 11.9. The fourth-order valence-corrected chi connectivity index (χ4v) is 4.05. The highest BCUT2D eigenvalue weighted by molar-refractivity contribution is 7.10. The third-order valence-corrected chi connectivity index (χ3v) is 5.79. The minimum Gasteiger partial charge on any atom is -0.320 e. The lowest BCUT2D eigenvalue weighted by atomic mass is 10.1. The van der Waals surface area contributed by atoms with Crippen molar-refractivity contribution in [3.8, 4) is 0 Å². The van der Waals surface area contributed by atoms with Crippen LogP contribution in [0.15, 0.2) is 17.5 Å². The molecule has 2 heterocycles. The second-order valence-electron chi connectivity index (χ2n) is 6.42. The van der Waals surface area contributed by atoms with Crippen molar-refractivity contribution < 1.29 is 4.79 Å². The van der Waals surface area contributed by atoms with Gasteiger partial charge in [0.25, 0.3) is 0 Å². The van der Waals surface area contributed by atoms with Crippen LogP contribution in [-0.2, 0) is 4.79 Å². The molecule has 19 heavy (non-hydrogen) atoms. The lowest BCUT2D eigenvalue weighted by Crippen LogP contribution is -2.35. The summed E-state index contributed by atoms with van der Waals surface area (Å²) in [5.41, 5.74) is -0.197. The Hall–Kier alpha value is -0.870. The number of carbonyl (C=O) groups is 1. The van der Waals surface area contributed by atoms with E-state index in [0.29, 0.717) is 11.8 Å². The van der Waals surface area contributed by atoms with Gasteiger partial charge in [0.2, 0.25) is 5.91 Å². The van der Waals surface area contributed by atoms with Crippen LogP contribution in [0.5, 0.6) is 0 Å². The van der Waals surface area contributed by atoms with Gasteiger partial charge in [0.1, 0.15) is 11.7 Å². The van der Waals surface area contributed by atoms with Gasteiger partial charge < -0.3 is 4.90 Å². The van der Waals surface area contributed by atoms with Crippen LogP contribution in [0.1, 0.15) is 43.6 Å². The van der Waals surface area contributed by atoms with Gasteiger partial charge in [0.15, 0.2) is 0 Å². The molecule has 3 aliphatic rings. The molecule has 0 bridgehead atoms. The molecule has 3 nitrogen and oxygen atoms in total. The Kier molecular flexibility index (Phi) is 2.55. The Balaban J connectivity index is 1.58. The highest BCUT2D eigenvalue weighted by atomic mass is 32.1. The van der Waals surface area contributed by atoms with Crippen molar-refractivity contribution in [2.45, 2.75) is 44.3 Å². The predicted octanol–water partition coefficient (Wildman–Crippen LogP) is 2.76. The molecule has 4 rings (SSSR count). The van der Waals surface area contributed by atoms with E-state index in [2.05, 4.69) is 34.7 Å². The topological polar surface area (TPSA) is 32.3 Å². The van der Waals surface area contributed by atoms with Gasteiger partial charge in [-0.1, -0.05) is 13.0 Å². The van der Waals surface area contributed by atoms with Crippen LogP contribution in [0.2, 0.25) is 0 Å². The first-order valence-electron chi connectivity index (χ1n) is 7.32. The molecule has 1 aromatic rings. The van der Waals surface area contributed by atoms with Crippen molar-refractivity contribution in [1.82, 2.24) is 10.2 Å². The molecule has 3 fully saturated rings. The fraction of sp³-hybridized carbons (Fsp3) is 0.667. The minimum atomic E-state index is -0.197. The molecule has 0 radical (unpaired) electrons. The summed E-state index contributed by atoms with van der Waals surface area (Å²) in [4.78, 5) is 16.0. The van der Waals surface area contributed by atoms with Crippen LogP contribution >= 0.6 is 11.3 Å². The van der Waals surface area contributed by atoms with E-state index in [4.69, 9.17) is 0 Å². The Morgan fingerprint density at radius 2 is 2.32 bits per heavy atom. The van der Waals surface area contributed by atoms with E-state index in [9.17, 15) is 4.79 Å². The average molecular weight is 276 g/mol. The first-order valence-corrected chi connectivity index (χ1v) is 8.20. The van der Waals surface area contributed by atoms with E-state index in [1.165, 1.54) is 17.7 Å². The van der Waals surface area contributed by atoms with Gasteiger partial charge in [-0.15, -0.1) is 11.3 Å². The Morgan fingerprint density at radius 3 is 2.89 bits per heavy atom. The van der Waals surface area contributed by atoms with Gasteiger partial charge in [0, 0.05) is 11.4 Å². The van der Waals surface area contributed by atoms with E-state index in [0.717, 1.165) is 25.3 Å². The average Bonchev–Trinajstić information content (AvgIpc) is 3.31. The van der Waals surface area contributed by atoms with E-state index in [1.807, 2.05) is 0 Å². The van der Waals surface area contributed by atoms with Crippen molar-refractivity contribution in [3.05, 3.63) is 22.4 Å². The number of nitrogens with zero attached hydrogens (tertiary/aromatic N) is 1. The van der Waals surface area contributed by atoms with Crippen LogP contribution in [0, 0.1) is 11.8 Å². The van der Waals surface area contributed by atoms with Gasteiger partial charge in [-0.05, 0) is 49.0 Å². The standard InChI is InChI=1S/C15H20N2OS/c1-10(11-4-5-11)9-17-13(12-3-2-8-19-12)16-15(6-7-15)14(17)18/h2-3,8,10-11,13,16H,4-7,9H2,1H3. The summed E-state index contributed by atoms with van der Waals surface area (Å²) in [6, 6.07) is 4.22. The maximum absolute atomic E-state index is 12.6. The molecule has 4 heteroatoms. The van der Waals surface area contributed by atoms with Crippen molar-refractivity contribution in [2.24, 2.45) is 11.8 Å². The van der Waals surface area contributed by atoms with E-state index >= 15 is 0 Å². The molecular formula is C15H20N2OS. The SMILES string of the molecule is CC(CN1C(=O)C2(CC2)NC1c1cccs1)C1CC1. The molecule has 1 saturated heterocycles. The van der Waals surface area contributed by atoms with Crippen molar-refractivity contribution >= 4 is 17.2 Å². The van der Waals surface area contributed by atoms with E-state index in [-0.39, 0.29) is 11.7 Å². The number of hydrogen-bond donors (Lipinski definition) is 1. The van der Waals surface area contributed by atoms with Crippen molar-refractivity contribution in [2.75, 3.05) is 6.54 Å². The van der Waals surface area contributed by atoms with Gasteiger partial charge in [0.05, 0.1) is 0 Å². The molecule has 2 saturated carbocycles. The minimum absolute atomic E-state index is 0.121. The smallest absolute Gasteiger partial charge is 0.244 e. The van der Waals surface area contributed by atoms with Gasteiger partial charge in [-0.3, -0.25) is 10.1 Å². The summed E-state index contributed by atoms with van der Waals surface area (Å²) < 4.78 is 0. The largest absolute Gasteiger partial charge is 0.320 e. The van der Waals surface area contributed by atoms with E-state index < -0.39 is 0 Å². The molecule has 1 amide bonds. The lowest BCUT2D eigenvalue weighted by Gasteiger charge is -2.26. The highest BCUT2D eigenvalue weighted by Crippen LogP contribution is 2.47. The molecular weight excluding hydrogens is 256 g/mol. The fourth-order valence-electron chi connectivity index (χ4n) is 3.26. The second kappa shape index (κ2) is 4.06. The monoisotopic (exact) mass is 276 g/mol. The highest BCUT2D eigenvalue weighted by Gasteiger charge is 2.59. The molecule has 2 aliphatic carbocycles. The molecule has 102 valence electrons. The summed E-state index contributed by atoms with van der Waals surface area (Å²) in [7, 11) is 0. The summed E-state index contributed by atoms with van der Waals surface area (Å²) in [5, 5.41) is 5.69. The zero-order valence-corrected chi connectivity index (χ0v) is 12.1. The Morgan fingerprint density at radius 1 is 1.53 bits per heavy atom. The molecule has 2 atom stereocenters. The van der Waals surface area contributed by atoms with E-state index in [1.54, 1.807) is 11.3 Å². The predicted molar refractivity (Wildman–Crippen MR) is 75.8 cm³/mol. The normalized spacial score (nSPS) is 30.1. The van der Waals surface area contributed by atoms with Crippen molar-refractivity contribution in [3.63, 3.8) is 0 Å². The number of carbonyl (C=O) groups excluding carboxylic acids is 1. The summed E-state index contributed by atoms with van der Waals surface area (Å²) in [5.74, 6) is 1.84. The maximum atomic E-state index is 12.6. The molecule has 2 unspecified atom stereocenters. The summed E-state index contributed by atoms with van der Waals surface area (Å²) >= 11 is 1.75. The summed E-state index contributed by atoms with van der Waals surface area (Å²) in [6.07, 6.45) is 4.86. The Labute approximate surface area is 118 Å². The molecule has 1 aromatic heterocycles. The van der Waals surface area contributed by atoms with Crippen LogP contribution in [-0.4, -0.2) is 22.9 Å². The molecule has 1 aliphatic heterocycles. The third-order valence-electron chi connectivity index (χ3n) is 4.87. The second-order valence-corrected chi connectivity index (χ2v) is 7.40. The van der Waals surface area contributed by atoms with Crippen LogP contribution < -0.4 is 5.32 Å². The van der Waals surface area contributed by atoms with Gasteiger partial charge in [-0.25, -0.2) is 0 Å². The molecule has 1 spiro atoms. The van der Waals surface area contributed by atoms with Gasteiger partial charge in [-0.2, -0.15) is 0 Å². The maximum Gasteiger partial charge on any atom is 0.244 e. The van der Waals surface area contributed by atoms with Gasteiger partial charge >= 0.3 is 0 Å². The van der Waals surface area contributed by atoms with Crippen LogP contribution in [0.4, 0.5) is 0 Å². The first-order chi connectivity index (χ1) is 9.20. The van der Waals surface area contributed by atoms with Crippen LogP contribution in [0.25, 0.3) is 0 Å². The molecule has 1 N–H and O–H groups in total. The zero-order valence-electron chi connectivity index (χ0n) is 11.3. The Bertz CT molecular complexity index is 490. The number of amides is 1. The number of nitrogens with one attached hydrogen (secondary N) is 1.